The van der Waals surface area contributed by atoms with Crippen LogP contribution in [0.25, 0.3) is 0 Å². The van der Waals surface area contributed by atoms with Crippen LogP contribution < -0.4 is 10.0 Å². The fourth-order valence-corrected chi connectivity index (χ4v) is 2.89. The number of nitrogens with one attached hydrogen (secondary N) is 2. The minimum Gasteiger partial charge on any atom is -0.452 e. The van der Waals surface area contributed by atoms with E-state index < -0.39 is 16.0 Å². The van der Waals surface area contributed by atoms with Crippen LogP contribution in [0.1, 0.15) is 36.5 Å². The van der Waals surface area contributed by atoms with Crippen molar-refractivity contribution >= 4 is 21.9 Å². The van der Waals surface area contributed by atoms with Crippen LogP contribution in [0.4, 0.5) is 0 Å². The maximum absolute atomic E-state index is 11.9. The number of rotatable bonds is 11. The predicted octanol–water partition coefficient (Wildman–Crippen LogP) is 1.61. The number of esters is 1. The number of hydrogen-bond donors (Lipinski definition) is 2. The molecule has 0 atom stereocenters. The highest BCUT2D eigenvalue weighted by Crippen LogP contribution is 2.11. The van der Waals surface area contributed by atoms with Gasteiger partial charge in [0.2, 0.25) is 10.0 Å². The van der Waals surface area contributed by atoms with Gasteiger partial charge < -0.3 is 10.1 Å². The third-order valence-electron chi connectivity index (χ3n) is 3.25. The molecule has 0 spiro atoms. The van der Waals surface area contributed by atoms with Crippen LogP contribution in [0.3, 0.4) is 0 Å². The highest BCUT2D eigenvalue weighted by Gasteiger charge is 2.15. The van der Waals surface area contributed by atoms with E-state index in [1.807, 2.05) is 0 Å². The molecule has 2 N–H and O–H groups in total. The van der Waals surface area contributed by atoms with Crippen LogP contribution >= 0.6 is 0 Å². The van der Waals surface area contributed by atoms with E-state index in [9.17, 15) is 18.0 Å². The lowest BCUT2D eigenvalue weighted by molar-refractivity contribution is -0.124. The average Bonchev–Trinajstić information content (AvgIpc) is 2.61. The Bertz CT molecular complexity index is 683. The minimum atomic E-state index is -3.64. The van der Waals surface area contributed by atoms with Crippen molar-refractivity contribution in [2.75, 3.05) is 19.7 Å². The lowest BCUT2D eigenvalue weighted by Gasteiger charge is -2.07. The molecule has 1 rings (SSSR count). The molecule has 0 bridgehead atoms. The molecule has 1 aromatic carbocycles. The Morgan fingerprint density at radius 1 is 1.20 bits per heavy atom. The van der Waals surface area contributed by atoms with Crippen molar-refractivity contribution in [2.24, 2.45) is 0 Å². The second-order valence-electron chi connectivity index (χ2n) is 5.30. The monoisotopic (exact) mass is 368 g/mol. The molecule has 0 aromatic heterocycles. The van der Waals surface area contributed by atoms with Crippen molar-refractivity contribution in [3.63, 3.8) is 0 Å². The van der Waals surface area contributed by atoms with Crippen LogP contribution in [0.15, 0.2) is 41.8 Å². The molecule has 0 aliphatic rings. The number of unbranched alkanes of at least 4 members (excludes halogenated alkanes) is 2. The molecule has 7 nitrogen and oxygen atoms in total. The van der Waals surface area contributed by atoms with E-state index in [1.165, 1.54) is 30.3 Å². The summed E-state index contributed by atoms with van der Waals surface area (Å²) in [6.07, 6.45) is 4.39. The molecule has 25 heavy (non-hydrogen) atoms. The quantitative estimate of drug-likeness (QED) is 0.351. The largest absolute Gasteiger partial charge is 0.452 e. The number of hydrogen-bond acceptors (Lipinski definition) is 5. The van der Waals surface area contributed by atoms with Gasteiger partial charge in [-0.3, -0.25) is 4.79 Å². The van der Waals surface area contributed by atoms with E-state index in [2.05, 4.69) is 23.5 Å². The fraction of sp³-hybridized carbons (Fsp3) is 0.412. The first kappa shape index (κ1) is 20.9. The second-order valence-corrected chi connectivity index (χ2v) is 7.07. The lowest BCUT2D eigenvalue weighted by atomic mass is 10.2. The number of benzene rings is 1. The Kier molecular flexibility index (Phi) is 8.87. The van der Waals surface area contributed by atoms with E-state index in [4.69, 9.17) is 4.74 Å². The summed E-state index contributed by atoms with van der Waals surface area (Å²) >= 11 is 0. The molecule has 0 radical (unpaired) electrons. The average molecular weight is 368 g/mol. The van der Waals surface area contributed by atoms with Crippen LogP contribution in [-0.2, 0) is 19.6 Å². The smallest absolute Gasteiger partial charge is 0.338 e. The molecule has 138 valence electrons. The standard InChI is InChI=1S/C17H24N2O5S/c1-3-5-6-12-18-16(20)13-24-17(21)14-7-9-15(10-8-14)25(22,23)19-11-4-2/h4,7-10,19H,2-3,5-6,11-13H2,1H3,(H,18,20). The third kappa shape index (κ3) is 7.49. The first-order chi connectivity index (χ1) is 11.9. The molecule has 0 saturated heterocycles. The maximum atomic E-state index is 11.9. The molecule has 1 aromatic rings. The molecule has 0 aliphatic carbocycles. The van der Waals surface area contributed by atoms with E-state index in [0.717, 1.165) is 19.3 Å². The summed E-state index contributed by atoms with van der Waals surface area (Å²) in [6, 6.07) is 5.27. The van der Waals surface area contributed by atoms with Gasteiger partial charge in [-0.1, -0.05) is 25.8 Å². The molecule has 0 heterocycles. The van der Waals surface area contributed by atoms with Crippen LogP contribution in [-0.4, -0.2) is 40.0 Å². The normalized spacial score (nSPS) is 10.9. The Labute approximate surface area is 148 Å². The van der Waals surface area contributed by atoms with E-state index in [1.54, 1.807) is 0 Å². The van der Waals surface area contributed by atoms with Crippen molar-refractivity contribution in [2.45, 2.75) is 31.1 Å². The Hall–Kier alpha value is -2.19. The molecule has 1 amide bonds. The number of sulfonamides is 1. The minimum absolute atomic E-state index is 0.0274. The summed E-state index contributed by atoms with van der Waals surface area (Å²) in [5.74, 6) is -1.05. The SMILES string of the molecule is C=CCNS(=O)(=O)c1ccc(C(=O)OCC(=O)NCCCCC)cc1. The summed E-state index contributed by atoms with van der Waals surface area (Å²) in [5, 5.41) is 2.66. The summed E-state index contributed by atoms with van der Waals surface area (Å²) in [4.78, 5) is 23.4. The topological polar surface area (TPSA) is 102 Å². The number of amides is 1. The van der Waals surface area contributed by atoms with Crippen molar-refractivity contribution in [1.82, 2.24) is 10.0 Å². The summed E-state index contributed by atoms with van der Waals surface area (Å²) in [5.41, 5.74) is 0.168. The second kappa shape index (κ2) is 10.6. The van der Waals surface area contributed by atoms with Gasteiger partial charge in [-0.15, -0.1) is 6.58 Å². The van der Waals surface area contributed by atoms with Gasteiger partial charge >= 0.3 is 5.97 Å². The zero-order chi connectivity index (χ0) is 18.7. The molecular formula is C17H24N2O5S. The summed E-state index contributed by atoms with van der Waals surface area (Å²) in [7, 11) is -3.64. The molecule has 0 fully saturated rings. The van der Waals surface area contributed by atoms with Crippen molar-refractivity contribution in [1.29, 1.82) is 0 Å². The van der Waals surface area contributed by atoms with Gasteiger partial charge in [0.25, 0.3) is 5.91 Å². The van der Waals surface area contributed by atoms with E-state index in [0.29, 0.717) is 6.54 Å². The Balaban J connectivity index is 2.51. The van der Waals surface area contributed by atoms with Crippen molar-refractivity contribution in [3.8, 4) is 0 Å². The van der Waals surface area contributed by atoms with Gasteiger partial charge in [0.1, 0.15) is 0 Å². The number of carbonyl (C=O) groups is 2. The first-order valence-corrected chi connectivity index (χ1v) is 9.53. The molecule has 8 heteroatoms. The van der Waals surface area contributed by atoms with Gasteiger partial charge in [-0.05, 0) is 30.7 Å². The van der Waals surface area contributed by atoms with Gasteiger partial charge in [0.15, 0.2) is 6.61 Å². The van der Waals surface area contributed by atoms with Gasteiger partial charge in [-0.2, -0.15) is 0 Å². The predicted molar refractivity (Wildman–Crippen MR) is 94.6 cm³/mol. The zero-order valence-corrected chi connectivity index (χ0v) is 15.1. The molecule has 0 aliphatic heterocycles. The van der Waals surface area contributed by atoms with E-state index in [-0.39, 0.29) is 29.5 Å². The summed E-state index contributed by atoms with van der Waals surface area (Å²) < 4.78 is 31.0. The zero-order valence-electron chi connectivity index (χ0n) is 14.3. The maximum Gasteiger partial charge on any atom is 0.338 e. The number of carbonyl (C=O) groups excluding carboxylic acids is 2. The van der Waals surface area contributed by atoms with Gasteiger partial charge in [0, 0.05) is 13.1 Å². The lowest BCUT2D eigenvalue weighted by Crippen LogP contribution is -2.29. The van der Waals surface area contributed by atoms with E-state index >= 15 is 0 Å². The van der Waals surface area contributed by atoms with Crippen LogP contribution in [0.2, 0.25) is 0 Å². The molecule has 0 saturated carbocycles. The first-order valence-electron chi connectivity index (χ1n) is 8.05. The third-order valence-corrected chi connectivity index (χ3v) is 4.69. The van der Waals surface area contributed by atoms with Gasteiger partial charge in [-0.25, -0.2) is 17.9 Å². The molecule has 0 unspecified atom stereocenters. The molecular weight excluding hydrogens is 344 g/mol. The Morgan fingerprint density at radius 3 is 2.48 bits per heavy atom. The number of ether oxygens (including phenoxy) is 1. The summed E-state index contributed by atoms with van der Waals surface area (Å²) in [6.45, 7) is 5.79. The van der Waals surface area contributed by atoms with Gasteiger partial charge in [0.05, 0.1) is 10.5 Å². The Morgan fingerprint density at radius 2 is 1.88 bits per heavy atom. The van der Waals surface area contributed by atoms with Crippen LogP contribution in [0.5, 0.6) is 0 Å². The van der Waals surface area contributed by atoms with Crippen molar-refractivity contribution < 1.29 is 22.7 Å². The fourth-order valence-electron chi connectivity index (χ4n) is 1.89. The highest BCUT2D eigenvalue weighted by molar-refractivity contribution is 7.89. The van der Waals surface area contributed by atoms with Crippen LogP contribution in [0, 0.1) is 0 Å². The highest BCUT2D eigenvalue weighted by atomic mass is 32.2. The van der Waals surface area contributed by atoms with Crippen molar-refractivity contribution in [3.05, 3.63) is 42.5 Å².